The number of anilines is 1. The molecule has 200 valence electrons. The lowest BCUT2D eigenvalue weighted by Crippen LogP contribution is -2.53. The first-order chi connectivity index (χ1) is 17.0. The number of carbonyl (C=O) groups excluding carboxylic acids is 2. The van der Waals surface area contributed by atoms with E-state index in [0.29, 0.717) is 37.7 Å². The predicted molar refractivity (Wildman–Crippen MR) is 131 cm³/mol. The van der Waals surface area contributed by atoms with Gasteiger partial charge in [-0.1, -0.05) is 17.7 Å². The van der Waals surface area contributed by atoms with Gasteiger partial charge in [0, 0.05) is 75.5 Å². The number of benzene rings is 1. The van der Waals surface area contributed by atoms with E-state index >= 15 is 0 Å². The summed E-state index contributed by atoms with van der Waals surface area (Å²) in [6, 6.07) is 5.87. The number of piperidine rings is 1. The highest BCUT2D eigenvalue weighted by Crippen LogP contribution is 2.40. The highest BCUT2D eigenvalue weighted by atomic mass is 35.5. The summed E-state index contributed by atoms with van der Waals surface area (Å²) in [5, 5.41) is 0.659. The second kappa shape index (κ2) is 10.7. The number of ether oxygens (including phenoxy) is 1. The molecule has 0 aliphatic carbocycles. The second-order valence-electron chi connectivity index (χ2n) is 10.1. The van der Waals surface area contributed by atoms with Crippen molar-refractivity contribution in [2.24, 2.45) is 0 Å². The highest BCUT2D eigenvalue weighted by molar-refractivity contribution is 6.30. The molecule has 1 spiro atoms. The highest BCUT2D eigenvalue weighted by Gasteiger charge is 2.44. The molecule has 1 aromatic rings. The van der Waals surface area contributed by atoms with Gasteiger partial charge in [0.25, 0.3) is 0 Å². The van der Waals surface area contributed by atoms with Crippen molar-refractivity contribution in [1.29, 1.82) is 0 Å². The summed E-state index contributed by atoms with van der Waals surface area (Å²) in [5.41, 5.74) is 2.16. The molecule has 0 radical (unpaired) electrons. The Morgan fingerprint density at radius 1 is 1.06 bits per heavy atom. The molecule has 36 heavy (non-hydrogen) atoms. The first-order valence-electron chi connectivity index (χ1n) is 12.5. The lowest BCUT2D eigenvalue weighted by atomic mass is 9.84. The van der Waals surface area contributed by atoms with Crippen molar-refractivity contribution < 1.29 is 27.5 Å². The number of amides is 2. The van der Waals surface area contributed by atoms with Crippen LogP contribution in [0.1, 0.15) is 45.1 Å². The Kier molecular flexibility index (Phi) is 7.95. The summed E-state index contributed by atoms with van der Waals surface area (Å²) in [4.78, 5) is 32.2. The average Bonchev–Trinajstić information content (AvgIpc) is 3.24. The monoisotopic (exact) mass is 530 g/mol. The van der Waals surface area contributed by atoms with Crippen LogP contribution in [0.5, 0.6) is 0 Å². The average molecular weight is 531 g/mol. The summed E-state index contributed by atoms with van der Waals surface area (Å²) in [6.07, 6.45) is -3.67. The van der Waals surface area contributed by atoms with Crippen molar-refractivity contribution in [2.75, 3.05) is 50.7 Å². The topological polar surface area (TPSA) is 56.3 Å². The van der Waals surface area contributed by atoms with Crippen molar-refractivity contribution in [3.05, 3.63) is 28.8 Å². The normalized spacial score (nSPS) is 21.7. The number of halogens is 4. The Bertz CT molecular complexity index is 960. The van der Waals surface area contributed by atoms with E-state index in [1.54, 1.807) is 6.92 Å². The van der Waals surface area contributed by atoms with Crippen LogP contribution in [0.3, 0.4) is 0 Å². The summed E-state index contributed by atoms with van der Waals surface area (Å²) >= 11 is 6.36. The molecule has 3 saturated heterocycles. The fourth-order valence-electron chi connectivity index (χ4n) is 5.70. The minimum Gasteiger partial charge on any atom is -0.437 e. The molecule has 1 unspecified atom stereocenters. The van der Waals surface area contributed by atoms with Crippen molar-refractivity contribution >= 4 is 29.3 Å². The maximum absolute atomic E-state index is 12.7. The van der Waals surface area contributed by atoms with Gasteiger partial charge in [-0.2, -0.15) is 13.2 Å². The van der Waals surface area contributed by atoms with E-state index in [-0.39, 0.29) is 11.4 Å². The molecule has 4 rings (SSSR count). The molecule has 3 fully saturated rings. The maximum Gasteiger partial charge on any atom is 0.425 e. The van der Waals surface area contributed by atoms with Crippen LogP contribution < -0.4 is 4.90 Å². The molecule has 0 bridgehead atoms. The molecular formula is C25H34ClF3N4O3. The van der Waals surface area contributed by atoms with Gasteiger partial charge in [0.1, 0.15) is 0 Å². The standard InChI is InChI=1S/C25H34ClF3N4O3/c1-18(25(27,28)29)36-23(35)32-14-12-30(13-15-32)17-20-4-5-21(26)16-22(20)31-10-7-24(8-11-31)6-3-9-33(24)19(2)34/h4-5,16,18H,3,6-15,17H2,1-2H3. The van der Waals surface area contributed by atoms with Crippen molar-refractivity contribution in [2.45, 2.75) is 63.9 Å². The molecule has 0 N–H and O–H groups in total. The number of alkyl halides is 3. The van der Waals surface area contributed by atoms with Gasteiger partial charge in [-0.3, -0.25) is 9.69 Å². The fraction of sp³-hybridized carbons (Fsp3) is 0.680. The number of carbonyl (C=O) groups is 2. The number of hydrogen-bond acceptors (Lipinski definition) is 5. The van der Waals surface area contributed by atoms with Gasteiger partial charge in [-0.25, -0.2) is 4.79 Å². The van der Waals surface area contributed by atoms with E-state index in [9.17, 15) is 22.8 Å². The van der Waals surface area contributed by atoms with Gasteiger partial charge in [0.05, 0.1) is 0 Å². The molecule has 1 atom stereocenters. The fourth-order valence-corrected chi connectivity index (χ4v) is 5.87. The summed E-state index contributed by atoms with van der Waals surface area (Å²) in [7, 11) is 0. The minimum atomic E-state index is -4.57. The summed E-state index contributed by atoms with van der Waals surface area (Å²) < 4.78 is 42.7. The van der Waals surface area contributed by atoms with E-state index in [1.165, 1.54) is 4.90 Å². The zero-order valence-corrected chi connectivity index (χ0v) is 21.6. The molecular weight excluding hydrogens is 497 g/mol. The first kappa shape index (κ1) is 26.9. The Morgan fingerprint density at radius 3 is 2.33 bits per heavy atom. The molecule has 7 nitrogen and oxygen atoms in total. The third-order valence-corrected chi connectivity index (χ3v) is 8.06. The minimum absolute atomic E-state index is 0.0321. The number of hydrogen-bond donors (Lipinski definition) is 0. The van der Waals surface area contributed by atoms with Crippen LogP contribution in [0.2, 0.25) is 5.02 Å². The summed E-state index contributed by atoms with van der Waals surface area (Å²) in [5.74, 6) is 0.153. The third kappa shape index (κ3) is 5.85. The van der Waals surface area contributed by atoms with Crippen LogP contribution in [0.25, 0.3) is 0 Å². The van der Waals surface area contributed by atoms with Crippen molar-refractivity contribution in [3.8, 4) is 0 Å². The second-order valence-corrected chi connectivity index (χ2v) is 10.5. The van der Waals surface area contributed by atoms with Crippen LogP contribution in [-0.4, -0.2) is 90.3 Å². The van der Waals surface area contributed by atoms with Crippen LogP contribution in [-0.2, 0) is 16.1 Å². The quantitative estimate of drug-likeness (QED) is 0.573. The largest absolute Gasteiger partial charge is 0.437 e. The first-order valence-corrected chi connectivity index (χ1v) is 12.9. The molecule has 1 aromatic carbocycles. The Hall–Kier alpha value is -2.20. The molecule has 3 aliphatic heterocycles. The van der Waals surface area contributed by atoms with Crippen molar-refractivity contribution in [3.63, 3.8) is 0 Å². The van der Waals surface area contributed by atoms with Gasteiger partial charge in [-0.05, 0) is 50.3 Å². The molecule has 3 heterocycles. The molecule has 0 aromatic heterocycles. The smallest absolute Gasteiger partial charge is 0.425 e. The van der Waals surface area contributed by atoms with Gasteiger partial charge in [-0.15, -0.1) is 0 Å². The van der Waals surface area contributed by atoms with Gasteiger partial charge < -0.3 is 19.4 Å². The lowest BCUT2D eigenvalue weighted by molar-refractivity contribution is -0.200. The lowest BCUT2D eigenvalue weighted by Gasteiger charge is -2.46. The molecule has 3 aliphatic rings. The van der Waals surface area contributed by atoms with Crippen LogP contribution in [0.15, 0.2) is 18.2 Å². The van der Waals surface area contributed by atoms with Gasteiger partial charge >= 0.3 is 12.3 Å². The summed E-state index contributed by atoms with van der Waals surface area (Å²) in [6.45, 7) is 7.35. The van der Waals surface area contributed by atoms with Gasteiger partial charge in [0.2, 0.25) is 5.91 Å². The molecule has 2 amide bonds. The van der Waals surface area contributed by atoms with E-state index < -0.39 is 18.4 Å². The van der Waals surface area contributed by atoms with Crippen molar-refractivity contribution in [1.82, 2.24) is 14.7 Å². The van der Waals surface area contributed by atoms with E-state index in [0.717, 1.165) is 63.5 Å². The van der Waals surface area contributed by atoms with E-state index in [4.69, 9.17) is 11.6 Å². The van der Waals surface area contributed by atoms with Crippen LogP contribution in [0, 0.1) is 0 Å². The van der Waals surface area contributed by atoms with Crippen LogP contribution in [0.4, 0.5) is 23.7 Å². The predicted octanol–water partition coefficient (Wildman–Crippen LogP) is 4.53. The Labute approximate surface area is 215 Å². The number of piperazine rings is 1. The maximum atomic E-state index is 12.7. The Balaban J connectivity index is 1.36. The van der Waals surface area contributed by atoms with E-state index in [1.807, 2.05) is 18.2 Å². The van der Waals surface area contributed by atoms with E-state index in [2.05, 4.69) is 19.4 Å². The number of likely N-dealkylation sites (tertiary alicyclic amines) is 1. The third-order valence-electron chi connectivity index (χ3n) is 7.82. The van der Waals surface area contributed by atoms with Gasteiger partial charge in [0.15, 0.2) is 6.10 Å². The number of nitrogens with zero attached hydrogens (tertiary/aromatic N) is 4. The SMILES string of the molecule is CC(=O)N1CCCC12CCN(c1cc(Cl)ccc1CN1CCN(C(=O)OC(C)C(F)(F)F)CC1)CC2. The Morgan fingerprint density at radius 2 is 1.72 bits per heavy atom. The molecule has 0 saturated carbocycles. The zero-order valence-electron chi connectivity index (χ0n) is 20.8. The molecule has 11 heteroatoms. The zero-order chi connectivity index (χ0) is 26.1. The number of rotatable bonds is 4. The van der Waals surface area contributed by atoms with Crippen LogP contribution >= 0.6 is 11.6 Å².